The number of cyclic esters (lactones) is 1. The van der Waals surface area contributed by atoms with Crippen LogP contribution in [0.15, 0.2) is 46.5 Å². The van der Waals surface area contributed by atoms with Crippen molar-refractivity contribution in [1.82, 2.24) is 25.2 Å². The Morgan fingerprint density at radius 2 is 1.97 bits per heavy atom. The molecule has 14 nitrogen and oxygen atoms in total. The number of aliphatic imine (C=N–C) groups is 2. The van der Waals surface area contributed by atoms with Crippen molar-refractivity contribution in [2.75, 3.05) is 59.4 Å². The van der Waals surface area contributed by atoms with Crippen LogP contribution < -0.4 is 10.7 Å². The zero-order valence-electron chi connectivity index (χ0n) is 38.8. The Kier molecular flexibility index (Phi) is 15.0. The number of aryl methyl sites for hydroxylation is 1. The van der Waals surface area contributed by atoms with Gasteiger partial charge in [0.1, 0.15) is 23.2 Å². The predicted molar refractivity (Wildman–Crippen MR) is 250 cm³/mol. The maximum atomic E-state index is 14.9. The topological polar surface area (TPSA) is 148 Å². The van der Waals surface area contributed by atoms with Gasteiger partial charge in [-0.3, -0.25) is 34.3 Å². The molecule has 2 aromatic rings. The van der Waals surface area contributed by atoms with Crippen LogP contribution in [0.2, 0.25) is 0 Å². The Labute approximate surface area is 377 Å². The van der Waals surface area contributed by atoms with E-state index >= 15 is 0 Å². The number of hydrogen-bond donors (Lipinski definition) is 2. The summed E-state index contributed by atoms with van der Waals surface area (Å²) < 4.78 is 26.8. The Morgan fingerprint density at radius 3 is 2.63 bits per heavy atom. The molecule has 0 radical (unpaired) electrons. The number of methoxy groups -OCH3 is 2. The zero-order chi connectivity index (χ0) is 45.2. The minimum atomic E-state index is -1.08. The van der Waals surface area contributed by atoms with Gasteiger partial charge in [-0.15, -0.1) is 11.8 Å². The number of thioether (sulfide) groups is 1. The van der Waals surface area contributed by atoms with E-state index < -0.39 is 29.6 Å². The van der Waals surface area contributed by atoms with Gasteiger partial charge in [0.25, 0.3) is 5.91 Å². The van der Waals surface area contributed by atoms with Crippen molar-refractivity contribution in [2.45, 2.75) is 117 Å². The molecule has 7 rings (SSSR count). The summed E-state index contributed by atoms with van der Waals surface area (Å²) in [6.07, 6.45) is 5.28. The number of ether oxygens (including phenoxy) is 4. The van der Waals surface area contributed by atoms with Crippen LogP contribution >= 0.6 is 11.8 Å². The molecule has 1 aromatic heterocycles. The van der Waals surface area contributed by atoms with Gasteiger partial charge in [0.2, 0.25) is 5.91 Å². The molecule has 3 fully saturated rings. The molecule has 344 valence electrons. The molecule has 1 aromatic carbocycles. The summed E-state index contributed by atoms with van der Waals surface area (Å²) in [5.41, 5.74) is 8.59. The second-order valence-electron chi connectivity index (χ2n) is 18.6. The van der Waals surface area contributed by atoms with Crippen LogP contribution in [-0.2, 0) is 46.3 Å². The smallest absolute Gasteiger partial charge is 0.324 e. The van der Waals surface area contributed by atoms with Crippen molar-refractivity contribution in [3.63, 3.8) is 0 Å². The number of carbonyl (C=O) groups excluding carboxylic acids is 3. The average molecular weight is 888 g/mol. The maximum absolute atomic E-state index is 14.9. The minimum Gasteiger partial charge on any atom is -0.464 e. The summed E-state index contributed by atoms with van der Waals surface area (Å²) in [7, 11) is 3.43. The fraction of sp³-hybridized carbons (Fsp3) is 0.646. The summed E-state index contributed by atoms with van der Waals surface area (Å²) in [4.78, 5) is 55.4. The van der Waals surface area contributed by atoms with Crippen LogP contribution in [0.5, 0.6) is 0 Å². The molecule has 2 saturated heterocycles. The van der Waals surface area contributed by atoms with Crippen LogP contribution in [-0.4, -0.2) is 133 Å². The summed E-state index contributed by atoms with van der Waals surface area (Å²) in [6, 6.07) is 4.52. The largest absolute Gasteiger partial charge is 0.464 e. The van der Waals surface area contributed by atoms with Gasteiger partial charge in [-0.2, -0.15) is 0 Å². The standard InChI is InChI=1S/C48H69N7O7S/c1-11-33(40(49-12-2)30(6)59-9)42-35-24-48(7,8)27-62-47(58)36-15-14-19-55(52-36)46(57)41(51-44(56)39-28(4)29(39)5)43(61-22-21-53-20-18-32(25-53)60-10)45-50-37(26-63-45)31-16-17-38(34(35)23-31)54(42)13-3/h11-12,16-17,23,28-30,32,36-37,39,41,43,52H,1,13-15,18-22,24-27H2,2-10H3,(H,51,56)/b40-33+,49-12?/t28-,29+,30-,32-,36-,37?,39?,41-,43-/m0/s1. The van der Waals surface area contributed by atoms with E-state index in [1.807, 2.05) is 19.9 Å². The van der Waals surface area contributed by atoms with Crippen molar-refractivity contribution in [3.8, 4) is 0 Å². The molecule has 15 heteroatoms. The van der Waals surface area contributed by atoms with Gasteiger partial charge in [0.15, 0.2) is 0 Å². The number of amides is 2. The lowest BCUT2D eigenvalue weighted by Gasteiger charge is -2.37. The number of hydrazine groups is 1. The molecule has 2 amide bonds. The van der Waals surface area contributed by atoms with Gasteiger partial charge in [0, 0.05) is 86.7 Å². The summed E-state index contributed by atoms with van der Waals surface area (Å²) in [6.45, 7) is 22.6. The third-order valence-corrected chi connectivity index (χ3v) is 14.9. The number of likely N-dealkylation sites (tertiary alicyclic amines) is 1. The molecule has 1 aliphatic carbocycles. The van der Waals surface area contributed by atoms with Crippen molar-refractivity contribution >= 4 is 57.3 Å². The van der Waals surface area contributed by atoms with Crippen LogP contribution in [0, 0.1) is 23.2 Å². The van der Waals surface area contributed by atoms with Crippen molar-refractivity contribution in [1.29, 1.82) is 0 Å². The number of hydrogen-bond acceptors (Lipinski definition) is 12. The number of esters is 1. The molecular formula is C48H69N7O7S. The zero-order valence-corrected chi connectivity index (χ0v) is 39.6. The van der Waals surface area contributed by atoms with E-state index in [2.05, 4.69) is 79.6 Å². The minimum absolute atomic E-state index is 0.152. The second-order valence-corrected chi connectivity index (χ2v) is 19.7. The molecule has 0 spiro atoms. The molecule has 4 aliphatic heterocycles. The van der Waals surface area contributed by atoms with Gasteiger partial charge < -0.3 is 28.8 Å². The SMILES string of the molecule is C=C/C(=C(\N=CC)[C@H](C)OC)c1c2c3cc(ccc3n1CC)C1CSC(=N1)[C@@H](OCCN1CC[C@H](OC)C1)[C@H](NC(=O)C1[C@@H](C)[C@H]1C)C(=O)N1CCC[C@H](N1)C(=O)OCC(C)(C)C2. The molecule has 5 aliphatic rings. The lowest BCUT2D eigenvalue weighted by atomic mass is 9.84. The van der Waals surface area contributed by atoms with E-state index in [1.165, 1.54) is 5.01 Å². The molecule has 63 heavy (non-hydrogen) atoms. The fourth-order valence-electron chi connectivity index (χ4n) is 9.80. The first-order valence-electron chi connectivity index (χ1n) is 22.9. The van der Waals surface area contributed by atoms with E-state index in [1.54, 1.807) is 32.2 Å². The lowest BCUT2D eigenvalue weighted by molar-refractivity contribution is -0.156. The number of allylic oxidation sites excluding steroid dienone is 2. The predicted octanol–water partition coefficient (Wildman–Crippen LogP) is 5.98. The highest BCUT2D eigenvalue weighted by molar-refractivity contribution is 8.14. The van der Waals surface area contributed by atoms with E-state index in [9.17, 15) is 14.4 Å². The van der Waals surface area contributed by atoms with Crippen LogP contribution in [0.3, 0.4) is 0 Å². The monoisotopic (exact) mass is 887 g/mol. The normalized spacial score (nSPS) is 29.9. The highest BCUT2D eigenvalue weighted by Gasteiger charge is 2.50. The number of carbonyl (C=O) groups is 3. The molecule has 6 bridgehead atoms. The Hall–Kier alpha value is -3.86. The summed E-state index contributed by atoms with van der Waals surface area (Å²) >= 11 is 1.58. The number of nitrogens with one attached hydrogen (secondary N) is 2. The van der Waals surface area contributed by atoms with Gasteiger partial charge >= 0.3 is 5.97 Å². The molecule has 2 N–H and O–H groups in total. The molecule has 5 heterocycles. The van der Waals surface area contributed by atoms with E-state index in [0.29, 0.717) is 56.3 Å². The van der Waals surface area contributed by atoms with Crippen LogP contribution in [0.1, 0.15) is 90.6 Å². The third-order valence-electron chi connectivity index (χ3n) is 13.8. The number of nitrogens with zero attached hydrogens (tertiary/aromatic N) is 5. The van der Waals surface area contributed by atoms with Gasteiger partial charge in [-0.1, -0.05) is 46.4 Å². The first-order chi connectivity index (χ1) is 30.2. The Bertz CT molecular complexity index is 2120. The first kappa shape index (κ1) is 47.1. The van der Waals surface area contributed by atoms with Crippen molar-refractivity contribution in [3.05, 3.63) is 53.4 Å². The maximum Gasteiger partial charge on any atom is 0.324 e. The number of benzene rings is 1. The van der Waals surface area contributed by atoms with E-state index in [0.717, 1.165) is 58.5 Å². The molecule has 2 unspecified atom stereocenters. The highest BCUT2D eigenvalue weighted by atomic mass is 32.2. The van der Waals surface area contributed by atoms with E-state index in [-0.39, 0.29) is 54.4 Å². The summed E-state index contributed by atoms with van der Waals surface area (Å²) in [5, 5.41) is 6.41. The Balaban J connectivity index is 1.36. The van der Waals surface area contributed by atoms with Crippen molar-refractivity contribution < 1.29 is 33.3 Å². The van der Waals surface area contributed by atoms with Gasteiger partial charge in [0.05, 0.1) is 42.9 Å². The second kappa shape index (κ2) is 20.1. The lowest BCUT2D eigenvalue weighted by Crippen LogP contribution is -2.63. The number of fused-ring (bicyclic) bond motifs is 5. The number of rotatable bonds is 13. The van der Waals surface area contributed by atoms with Crippen LogP contribution in [0.25, 0.3) is 16.5 Å². The first-order valence-corrected chi connectivity index (χ1v) is 23.9. The molecule has 9 atom stereocenters. The van der Waals surface area contributed by atoms with Crippen molar-refractivity contribution in [2.24, 2.45) is 33.2 Å². The quantitative estimate of drug-likeness (QED) is 0.140. The van der Waals surface area contributed by atoms with Gasteiger partial charge in [-0.05, 0) is 81.5 Å². The Morgan fingerprint density at radius 1 is 1.19 bits per heavy atom. The number of aromatic nitrogens is 1. The third kappa shape index (κ3) is 10.0. The van der Waals surface area contributed by atoms with Crippen LogP contribution in [0.4, 0.5) is 0 Å². The highest BCUT2D eigenvalue weighted by Crippen LogP contribution is 2.46. The van der Waals surface area contributed by atoms with E-state index in [4.69, 9.17) is 28.9 Å². The fourth-order valence-corrected chi connectivity index (χ4v) is 11.0. The van der Waals surface area contributed by atoms with Gasteiger partial charge in [-0.25, -0.2) is 5.43 Å². The summed E-state index contributed by atoms with van der Waals surface area (Å²) in [5.74, 6) is -0.103. The molecule has 1 saturated carbocycles. The molecular weight excluding hydrogens is 819 g/mol. The average Bonchev–Trinajstić information content (AvgIpc) is 3.74.